The smallest absolute Gasteiger partial charge is 0.271 e. The first kappa shape index (κ1) is 23.4. The highest BCUT2D eigenvalue weighted by molar-refractivity contribution is 7.94. The van der Waals surface area contributed by atoms with Crippen molar-refractivity contribution in [1.82, 2.24) is 5.16 Å². The van der Waals surface area contributed by atoms with Crippen molar-refractivity contribution in [2.75, 3.05) is 24.3 Å². The number of hydrogen-bond acceptors (Lipinski definition) is 8. The van der Waals surface area contributed by atoms with E-state index in [1.807, 2.05) is 0 Å². The molecule has 2 N–H and O–H groups in total. The number of nitrogens with zero attached hydrogens (tertiary/aromatic N) is 1. The normalized spacial score (nSPS) is 11.5. The van der Waals surface area contributed by atoms with Crippen LogP contribution >= 0.6 is 11.3 Å². The van der Waals surface area contributed by atoms with Crippen molar-refractivity contribution in [1.29, 1.82) is 0 Å². The number of rotatable bonds is 9. The van der Waals surface area contributed by atoms with Gasteiger partial charge in [-0.25, -0.2) is 8.42 Å². The molecule has 0 aliphatic heterocycles. The Morgan fingerprint density at radius 2 is 1.91 bits per heavy atom. The quantitative estimate of drug-likeness (QED) is 0.469. The number of aryl methyl sites for hydroxylation is 1. The van der Waals surface area contributed by atoms with E-state index in [0.29, 0.717) is 45.6 Å². The highest BCUT2D eigenvalue weighted by Crippen LogP contribution is 2.32. The largest absolute Gasteiger partial charge is 0.493 e. The molecule has 0 unspecified atom stereocenters. The summed E-state index contributed by atoms with van der Waals surface area (Å²) < 4.78 is 43.9. The van der Waals surface area contributed by atoms with E-state index >= 15 is 0 Å². The van der Waals surface area contributed by atoms with Crippen LogP contribution in [-0.4, -0.2) is 33.7 Å². The number of carbonyl (C=O) groups excluding carboxylic acids is 1. The Hall–Kier alpha value is -3.31. The molecule has 0 aliphatic rings. The summed E-state index contributed by atoms with van der Waals surface area (Å²) >= 11 is 1.08. The van der Waals surface area contributed by atoms with Gasteiger partial charge in [0.05, 0.1) is 19.9 Å². The molecule has 0 atom stereocenters. The van der Waals surface area contributed by atoms with Gasteiger partial charge in [-0.15, -0.1) is 11.3 Å². The maximum Gasteiger partial charge on any atom is 0.271 e. The van der Waals surface area contributed by atoms with Crippen molar-refractivity contribution in [2.45, 2.75) is 24.5 Å². The number of anilines is 2. The number of amides is 1. The molecule has 0 aliphatic carbocycles. The zero-order valence-electron chi connectivity index (χ0n) is 18.0. The molecule has 0 bridgehead atoms. The Balaban J connectivity index is 1.78. The van der Waals surface area contributed by atoms with E-state index in [1.165, 1.54) is 20.3 Å². The van der Waals surface area contributed by atoms with Gasteiger partial charge in [-0.05, 0) is 43.3 Å². The summed E-state index contributed by atoms with van der Waals surface area (Å²) in [5.41, 5.74) is 1.40. The van der Waals surface area contributed by atoms with Gasteiger partial charge in [0.1, 0.15) is 15.6 Å². The van der Waals surface area contributed by atoms with Gasteiger partial charge in [-0.1, -0.05) is 12.1 Å². The first-order chi connectivity index (χ1) is 15.3. The molecule has 9 nitrogen and oxygen atoms in total. The maximum atomic E-state index is 12.8. The van der Waals surface area contributed by atoms with Crippen molar-refractivity contribution in [3.05, 3.63) is 46.7 Å². The lowest BCUT2D eigenvalue weighted by Crippen LogP contribution is -2.11. The van der Waals surface area contributed by atoms with Crippen LogP contribution in [0.3, 0.4) is 0 Å². The van der Waals surface area contributed by atoms with Crippen LogP contribution in [0, 0.1) is 6.92 Å². The van der Waals surface area contributed by atoms with E-state index in [2.05, 4.69) is 15.2 Å². The average molecular weight is 478 g/mol. The van der Waals surface area contributed by atoms with Crippen molar-refractivity contribution in [2.24, 2.45) is 0 Å². The molecule has 3 aromatic rings. The van der Waals surface area contributed by atoms with Gasteiger partial charge in [-0.3, -0.25) is 9.52 Å². The van der Waals surface area contributed by atoms with E-state index in [4.69, 9.17) is 14.0 Å². The summed E-state index contributed by atoms with van der Waals surface area (Å²) in [6.07, 6.45) is 3.66. The van der Waals surface area contributed by atoms with Crippen LogP contribution in [0.5, 0.6) is 11.5 Å². The number of sulfonamides is 1. The van der Waals surface area contributed by atoms with Crippen molar-refractivity contribution < 1.29 is 27.2 Å². The van der Waals surface area contributed by atoms with E-state index in [9.17, 15) is 13.2 Å². The first-order valence-electron chi connectivity index (χ1n) is 9.56. The van der Waals surface area contributed by atoms with Crippen LogP contribution in [0.15, 0.2) is 39.1 Å². The van der Waals surface area contributed by atoms with Crippen LogP contribution in [0.1, 0.15) is 29.7 Å². The molecular weight excluding hydrogens is 454 g/mol. The van der Waals surface area contributed by atoms with Gasteiger partial charge in [0.15, 0.2) is 17.3 Å². The maximum absolute atomic E-state index is 12.8. The van der Waals surface area contributed by atoms with Crippen LogP contribution < -0.4 is 19.5 Å². The summed E-state index contributed by atoms with van der Waals surface area (Å²) in [4.78, 5) is 12.4. The van der Waals surface area contributed by atoms with E-state index in [0.717, 1.165) is 11.3 Å². The van der Waals surface area contributed by atoms with E-state index in [1.54, 1.807) is 50.3 Å². The van der Waals surface area contributed by atoms with Crippen LogP contribution in [0.2, 0.25) is 0 Å². The molecule has 170 valence electrons. The lowest BCUT2D eigenvalue weighted by Gasteiger charge is -2.11. The van der Waals surface area contributed by atoms with Gasteiger partial charge in [0.25, 0.3) is 10.0 Å². The number of ether oxygens (including phenoxy) is 2. The third kappa shape index (κ3) is 5.29. The fourth-order valence-corrected chi connectivity index (χ4v) is 4.99. The van der Waals surface area contributed by atoms with Crippen molar-refractivity contribution in [3.63, 3.8) is 0 Å². The summed E-state index contributed by atoms with van der Waals surface area (Å²) in [5.74, 6) is 1.13. The highest BCUT2D eigenvalue weighted by atomic mass is 32.2. The highest BCUT2D eigenvalue weighted by Gasteiger charge is 2.18. The Morgan fingerprint density at radius 1 is 1.16 bits per heavy atom. The monoisotopic (exact) mass is 477 g/mol. The lowest BCUT2D eigenvalue weighted by atomic mass is 10.2. The molecule has 1 aromatic carbocycles. The molecule has 0 saturated carbocycles. The Bertz CT molecular complexity index is 1240. The Kier molecular flexibility index (Phi) is 7.21. The average Bonchev–Trinajstić information content (AvgIpc) is 3.39. The molecule has 1 amide bonds. The van der Waals surface area contributed by atoms with Gasteiger partial charge in [0, 0.05) is 17.4 Å². The fourth-order valence-electron chi connectivity index (χ4n) is 2.71. The topological polar surface area (TPSA) is 120 Å². The molecule has 0 spiro atoms. The first-order valence-corrected chi connectivity index (χ1v) is 11.9. The third-order valence-corrected chi connectivity index (χ3v) is 7.30. The number of thiophene rings is 1. The molecular formula is C21H23N3O6S2. The molecule has 0 radical (unpaired) electrons. The minimum Gasteiger partial charge on any atom is -0.493 e. The minimum atomic E-state index is -3.80. The van der Waals surface area contributed by atoms with Gasteiger partial charge in [0.2, 0.25) is 5.91 Å². The number of carbonyl (C=O) groups is 1. The molecule has 2 heterocycles. The van der Waals surface area contributed by atoms with Crippen LogP contribution in [0.25, 0.3) is 12.2 Å². The Labute approximate surface area is 190 Å². The summed E-state index contributed by atoms with van der Waals surface area (Å²) in [6.45, 7) is 3.47. The molecule has 3 rings (SSSR count). The van der Waals surface area contributed by atoms with E-state index < -0.39 is 10.0 Å². The van der Waals surface area contributed by atoms with Gasteiger partial charge >= 0.3 is 0 Å². The standard InChI is InChI=1S/C21H23N3O6S2/c1-5-19(25)22-21-13(2)23-30-17(21)10-7-15-8-11-20(31-15)32(26,27)24-14-6-9-16(28-3)18(12-14)29-4/h6-12,24H,5H2,1-4H3,(H,22,25). The minimum absolute atomic E-state index is 0.139. The number of hydrogen-bond donors (Lipinski definition) is 2. The van der Waals surface area contributed by atoms with Crippen LogP contribution in [0.4, 0.5) is 11.4 Å². The van der Waals surface area contributed by atoms with E-state index in [-0.39, 0.29) is 10.1 Å². The SMILES string of the molecule is CCC(=O)Nc1c(C)noc1C=Cc1ccc(S(=O)(=O)Nc2ccc(OC)c(OC)c2)s1. The second-order valence-corrected chi connectivity index (χ2v) is 9.60. The second kappa shape index (κ2) is 9.88. The zero-order chi connectivity index (χ0) is 23.3. The summed E-state index contributed by atoms with van der Waals surface area (Å²) in [5, 5.41) is 6.62. The zero-order valence-corrected chi connectivity index (χ0v) is 19.6. The number of nitrogens with one attached hydrogen (secondary N) is 2. The van der Waals surface area contributed by atoms with Crippen molar-refractivity contribution in [3.8, 4) is 11.5 Å². The molecule has 2 aromatic heterocycles. The number of methoxy groups -OCH3 is 2. The molecule has 0 fully saturated rings. The summed E-state index contributed by atoms with van der Waals surface area (Å²) in [6, 6.07) is 7.94. The summed E-state index contributed by atoms with van der Waals surface area (Å²) in [7, 11) is -0.819. The predicted octanol–water partition coefficient (Wildman–Crippen LogP) is 4.38. The Morgan fingerprint density at radius 3 is 2.59 bits per heavy atom. The fraction of sp³-hybridized carbons (Fsp3) is 0.238. The van der Waals surface area contributed by atoms with Crippen molar-refractivity contribution >= 4 is 50.8 Å². The second-order valence-electron chi connectivity index (χ2n) is 6.57. The van der Waals surface area contributed by atoms with Crippen LogP contribution in [-0.2, 0) is 14.8 Å². The molecule has 0 saturated heterocycles. The molecule has 32 heavy (non-hydrogen) atoms. The van der Waals surface area contributed by atoms with Gasteiger partial charge < -0.3 is 19.3 Å². The molecule has 11 heteroatoms. The third-order valence-electron chi connectivity index (χ3n) is 4.38. The number of aromatic nitrogens is 1. The van der Waals surface area contributed by atoms with Gasteiger partial charge in [-0.2, -0.15) is 0 Å². The number of benzene rings is 1. The lowest BCUT2D eigenvalue weighted by molar-refractivity contribution is -0.115. The predicted molar refractivity (Wildman–Crippen MR) is 124 cm³/mol.